The number of fused-ring (bicyclic) bond motifs is 1. The number of ether oxygens (including phenoxy) is 1. The maximum absolute atomic E-state index is 9.34. The molecule has 0 radical (unpaired) electrons. The third-order valence-electron chi connectivity index (χ3n) is 5.15. The van der Waals surface area contributed by atoms with E-state index in [1.54, 1.807) is 7.05 Å². The van der Waals surface area contributed by atoms with Crippen molar-refractivity contribution in [1.82, 2.24) is 20.2 Å². The molecule has 2 aromatic rings. The Kier molecular flexibility index (Phi) is 8.30. The molecule has 0 saturated carbocycles. The SMILES string of the molecule is CN=C(NCCn1c(C)nc2ccccc21)NCC1(CCO)CCOC1.I. The van der Waals surface area contributed by atoms with Gasteiger partial charge in [-0.15, -0.1) is 24.0 Å². The summed E-state index contributed by atoms with van der Waals surface area (Å²) in [6.45, 7) is 6.00. The number of halogens is 1. The molecule has 1 saturated heterocycles. The van der Waals surface area contributed by atoms with Gasteiger partial charge in [0.2, 0.25) is 0 Å². The number of imidazole rings is 1. The van der Waals surface area contributed by atoms with E-state index in [1.165, 1.54) is 0 Å². The molecule has 1 fully saturated rings. The van der Waals surface area contributed by atoms with Crippen LogP contribution < -0.4 is 10.6 Å². The monoisotopic (exact) mass is 487 g/mol. The van der Waals surface area contributed by atoms with Gasteiger partial charge in [0.1, 0.15) is 5.82 Å². The maximum atomic E-state index is 9.34. The van der Waals surface area contributed by atoms with Crippen molar-refractivity contribution < 1.29 is 9.84 Å². The molecule has 27 heavy (non-hydrogen) atoms. The first kappa shape index (κ1) is 21.9. The zero-order chi connectivity index (χ0) is 18.4. The summed E-state index contributed by atoms with van der Waals surface area (Å²) in [5.74, 6) is 1.79. The Morgan fingerprint density at radius 2 is 2.19 bits per heavy atom. The average molecular weight is 487 g/mol. The molecule has 8 heteroatoms. The number of aromatic nitrogens is 2. The van der Waals surface area contributed by atoms with Crippen molar-refractivity contribution in [3.8, 4) is 0 Å². The van der Waals surface area contributed by atoms with Crippen LogP contribution >= 0.6 is 24.0 Å². The van der Waals surface area contributed by atoms with Gasteiger partial charge in [0.25, 0.3) is 0 Å². The number of aryl methyl sites for hydroxylation is 1. The molecule has 1 atom stereocenters. The number of aliphatic imine (C=N–C) groups is 1. The fourth-order valence-electron chi connectivity index (χ4n) is 3.57. The minimum Gasteiger partial charge on any atom is -0.396 e. The Morgan fingerprint density at radius 1 is 1.37 bits per heavy atom. The van der Waals surface area contributed by atoms with Gasteiger partial charge in [-0.3, -0.25) is 4.99 Å². The standard InChI is InChI=1S/C19H29N5O2.HI/c1-15-23-16-5-3-4-6-17(16)24(15)10-9-21-18(20-2)22-13-19(7-11-25)8-12-26-14-19;/h3-6,25H,7-14H2,1-2H3,(H2,20,21,22);1H. The van der Waals surface area contributed by atoms with Gasteiger partial charge in [0.15, 0.2) is 5.96 Å². The van der Waals surface area contributed by atoms with Crippen LogP contribution in [0.2, 0.25) is 0 Å². The third-order valence-corrected chi connectivity index (χ3v) is 5.15. The molecule has 1 aliphatic heterocycles. The smallest absolute Gasteiger partial charge is 0.191 e. The molecular weight excluding hydrogens is 457 g/mol. The number of para-hydroxylation sites is 2. The number of aliphatic hydroxyl groups is 1. The molecule has 150 valence electrons. The van der Waals surface area contributed by atoms with E-state index < -0.39 is 0 Å². The zero-order valence-electron chi connectivity index (χ0n) is 16.1. The second-order valence-corrected chi connectivity index (χ2v) is 6.93. The first-order chi connectivity index (χ1) is 12.7. The predicted molar refractivity (Wildman–Crippen MR) is 119 cm³/mol. The molecule has 3 rings (SSSR count). The van der Waals surface area contributed by atoms with E-state index in [0.717, 1.165) is 61.9 Å². The Bertz CT molecular complexity index is 756. The number of hydrogen-bond acceptors (Lipinski definition) is 4. The van der Waals surface area contributed by atoms with Gasteiger partial charge >= 0.3 is 0 Å². The minimum absolute atomic E-state index is 0. The molecule has 0 bridgehead atoms. The van der Waals surface area contributed by atoms with Crippen molar-refractivity contribution in [2.75, 3.05) is 40.0 Å². The number of guanidine groups is 1. The summed E-state index contributed by atoms with van der Waals surface area (Å²) in [5, 5.41) is 16.1. The lowest BCUT2D eigenvalue weighted by Gasteiger charge is -2.27. The molecule has 1 aromatic carbocycles. The van der Waals surface area contributed by atoms with Gasteiger partial charge in [-0.1, -0.05) is 12.1 Å². The second-order valence-electron chi connectivity index (χ2n) is 6.93. The average Bonchev–Trinajstić information content (AvgIpc) is 3.23. The van der Waals surface area contributed by atoms with Gasteiger partial charge in [0, 0.05) is 45.3 Å². The highest BCUT2D eigenvalue weighted by Crippen LogP contribution is 2.31. The van der Waals surface area contributed by atoms with Crippen LogP contribution in [0.25, 0.3) is 11.0 Å². The van der Waals surface area contributed by atoms with Crippen molar-refractivity contribution in [2.45, 2.75) is 26.3 Å². The number of nitrogens with zero attached hydrogens (tertiary/aromatic N) is 3. The van der Waals surface area contributed by atoms with Crippen molar-refractivity contribution >= 4 is 41.0 Å². The van der Waals surface area contributed by atoms with Crippen molar-refractivity contribution in [3.63, 3.8) is 0 Å². The van der Waals surface area contributed by atoms with Crippen LogP contribution in [0.15, 0.2) is 29.3 Å². The highest BCUT2D eigenvalue weighted by atomic mass is 127. The molecule has 0 amide bonds. The second kappa shape index (κ2) is 10.2. The summed E-state index contributed by atoms with van der Waals surface area (Å²) in [4.78, 5) is 8.91. The molecule has 0 aliphatic carbocycles. The summed E-state index contributed by atoms with van der Waals surface area (Å²) in [6, 6.07) is 8.19. The number of hydrogen-bond donors (Lipinski definition) is 3. The highest BCUT2D eigenvalue weighted by molar-refractivity contribution is 14.0. The quantitative estimate of drug-likeness (QED) is 0.316. The largest absolute Gasteiger partial charge is 0.396 e. The molecule has 3 N–H and O–H groups in total. The number of aliphatic hydroxyl groups excluding tert-OH is 1. The van der Waals surface area contributed by atoms with Gasteiger partial charge in [-0.25, -0.2) is 4.98 Å². The van der Waals surface area contributed by atoms with E-state index in [2.05, 4.69) is 31.2 Å². The Labute approximate surface area is 177 Å². The van der Waals surface area contributed by atoms with Crippen molar-refractivity contribution in [2.24, 2.45) is 10.4 Å². The van der Waals surface area contributed by atoms with E-state index in [1.807, 2.05) is 25.1 Å². The first-order valence-electron chi connectivity index (χ1n) is 9.22. The fourth-order valence-corrected chi connectivity index (χ4v) is 3.57. The van der Waals surface area contributed by atoms with Crippen LogP contribution in [0.3, 0.4) is 0 Å². The Balaban J connectivity index is 0.00000261. The highest BCUT2D eigenvalue weighted by Gasteiger charge is 2.34. The topological polar surface area (TPSA) is 83.7 Å². The van der Waals surface area contributed by atoms with E-state index in [-0.39, 0.29) is 36.0 Å². The molecule has 0 spiro atoms. The fraction of sp³-hybridized carbons (Fsp3) is 0.579. The molecule has 1 aromatic heterocycles. The van der Waals surface area contributed by atoms with E-state index in [0.29, 0.717) is 6.61 Å². The Morgan fingerprint density at radius 3 is 2.89 bits per heavy atom. The van der Waals surface area contributed by atoms with Crippen LogP contribution in [0, 0.1) is 12.3 Å². The summed E-state index contributed by atoms with van der Waals surface area (Å²) < 4.78 is 7.76. The lowest BCUT2D eigenvalue weighted by Crippen LogP contribution is -2.45. The van der Waals surface area contributed by atoms with E-state index in [9.17, 15) is 5.11 Å². The van der Waals surface area contributed by atoms with Crippen LogP contribution in [-0.4, -0.2) is 60.6 Å². The molecule has 7 nitrogen and oxygen atoms in total. The number of nitrogens with one attached hydrogen (secondary N) is 2. The maximum Gasteiger partial charge on any atom is 0.191 e. The molecular formula is C19H30IN5O2. The van der Waals surface area contributed by atoms with Crippen LogP contribution in [0.5, 0.6) is 0 Å². The molecule has 2 heterocycles. The number of rotatable bonds is 7. The first-order valence-corrected chi connectivity index (χ1v) is 9.22. The Hall–Kier alpha value is -1.39. The summed E-state index contributed by atoms with van der Waals surface area (Å²) in [7, 11) is 1.77. The lowest BCUT2D eigenvalue weighted by atomic mass is 9.84. The van der Waals surface area contributed by atoms with Gasteiger partial charge in [-0.2, -0.15) is 0 Å². The van der Waals surface area contributed by atoms with Gasteiger partial charge in [0.05, 0.1) is 17.6 Å². The lowest BCUT2D eigenvalue weighted by molar-refractivity contribution is 0.127. The minimum atomic E-state index is 0. The van der Waals surface area contributed by atoms with Gasteiger partial charge < -0.3 is 25.0 Å². The normalized spacial score (nSPS) is 19.9. The van der Waals surface area contributed by atoms with Crippen LogP contribution in [0.1, 0.15) is 18.7 Å². The van der Waals surface area contributed by atoms with Crippen molar-refractivity contribution in [1.29, 1.82) is 0 Å². The van der Waals surface area contributed by atoms with E-state index in [4.69, 9.17) is 4.74 Å². The number of benzene rings is 1. The molecule has 1 unspecified atom stereocenters. The summed E-state index contributed by atoms with van der Waals surface area (Å²) in [6.07, 6.45) is 1.72. The summed E-state index contributed by atoms with van der Waals surface area (Å²) >= 11 is 0. The molecule has 1 aliphatic rings. The van der Waals surface area contributed by atoms with Crippen LogP contribution in [0.4, 0.5) is 0 Å². The van der Waals surface area contributed by atoms with Crippen molar-refractivity contribution in [3.05, 3.63) is 30.1 Å². The van der Waals surface area contributed by atoms with Gasteiger partial charge in [-0.05, 0) is 31.9 Å². The zero-order valence-corrected chi connectivity index (χ0v) is 18.4. The third kappa shape index (κ3) is 5.32. The predicted octanol–water partition coefficient (Wildman–Crippen LogP) is 1.92. The summed E-state index contributed by atoms with van der Waals surface area (Å²) in [5.41, 5.74) is 2.18. The van der Waals surface area contributed by atoms with Crippen LogP contribution in [-0.2, 0) is 11.3 Å². The van der Waals surface area contributed by atoms with E-state index >= 15 is 0 Å².